The molecule has 0 saturated heterocycles. The first-order valence-electron chi connectivity index (χ1n) is 9.16. The van der Waals surface area contributed by atoms with Crippen molar-refractivity contribution in [1.82, 2.24) is 0 Å². The van der Waals surface area contributed by atoms with Gasteiger partial charge in [0.05, 0.1) is 16.5 Å². The van der Waals surface area contributed by atoms with Crippen LogP contribution >= 0.6 is 11.3 Å². The second-order valence-electron chi connectivity index (χ2n) is 6.97. The minimum absolute atomic E-state index is 0.111. The number of benzene rings is 2. The minimum Gasteiger partial charge on any atom is -0.503 e. The Kier molecular flexibility index (Phi) is 4.94. The molecule has 3 aromatic rings. The highest BCUT2D eigenvalue weighted by atomic mass is 32.1. The van der Waals surface area contributed by atoms with E-state index in [1.54, 1.807) is 17.5 Å². The van der Waals surface area contributed by atoms with E-state index in [1.165, 1.54) is 16.2 Å². The molecule has 1 N–H and O–H groups in total. The summed E-state index contributed by atoms with van der Waals surface area (Å²) >= 11 is 1.29. The summed E-state index contributed by atoms with van der Waals surface area (Å²) in [5, 5.41) is 12.5. The molecule has 5 nitrogen and oxygen atoms in total. The Bertz CT molecular complexity index is 1070. The van der Waals surface area contributed by atoms with Crippen LogP contribution in [-0.2, 0) is 4.79 Å². The molecule has 0 aliphatic carbocycles. The molecule has 0 fully saturated rings. The third-order valence-electron chi connectivity index (χ3n) is 4.96. The number of carbonyl (C=O) groups is 2. The van der Waals surface area contributed by atoms with Gasteiger partial charge in [-0.05, 0) is 41.3 Å². The van der Waals surface area contributed by atoms with Gasteiger partial charge in [0.2, 0.25) is 5.78 Å². The molecule has 4 rings (SSSR count). The molecule has 0 radical (unpaired) electrons. The van der Waals surface area contributed by atoms with E-state index in [0.29, 0.717) is 10.6 Å². The summed E-state index contributed by atoms with van der Waals surface area (Å²) in [5.74, 6) is -1.39. The summed E-state index contributed by atoms with van der Waals surface area (Å²) in [6.07, 6.45) is 0. The normalized spacial score (nSPS) is 16.4. The second-order valence-corrected chi connectivity index (χ2v) is 7.92. The molecule has 29 heavy (non-hydrogen) atoms. The maximum absolute atomic E-state index is 13.2. The van der Waals surface area contributed by atoms with Gasteiger partial charge in [0.1, 0.15) is 0 Å². The third-order valence-corrected chi connectivity index (χ3v) is 5.83. The molecule has 0 spiro atoms. The number of rotatable bonds is 5. The van der Waals surface area contributed by atoms with Crippen LogP contribution in [-0.4, -0.2) is 30.9 Å². The molecule has 1 unspecified atom stereocenters. The van der Waals surface area contributed by atoms with Crippen LogP contribution in [0.1, 0.15) is 21.3 Å². The van der Waals surface area contributed by atoms with Gasteiger partial charge in [0.25, 0.3) is 5.91 Å². The van der Waals surface area contributed by atoms with Crippen LogP contribution in [0, 0.1) is 0 Å². The summed E-state index contributed by atoms with van der Waals surface area (Å²) < 4.78 is 0. The first-order chi connectivity index (χ1) is 14.0. The highest BCUT2D eigenvalue weighted by molar-refractivity contribution is 7.12. The van der Waals surface area contributed by atoms with Crippen molar-refractivity contribution in [1.29, 1.82) is 0 Å². The Morgan fingerprint density at radius 3 is 2.28 bits per heavy atom. The van der Waals surface area contributed by atoms with Crippen molar-refractivity contribution < 1.29 is 14.7 Å². The minimum atomic E-state index is -0.691. The number of thiophene rings is 1. The van der Waals surface area contributed by atoms with Crippen LogP contribution < -0.4 is 9.80 Å². The number of nitrogens with zero attached hydrogens (tertiary/aromatic N) is 2. The lowest BCUT2D eigenvalue weighted by Crippen LogP contribution is -2.31. The molecule has 146 valence electrons. The molecule has 1 aromatic heterocycles. The molecule has 0 bridgehead atoms. The fraction of sp³-hybridized carbons (Fsp3) is 0.130. The van der Waals surface area contributed by atoms with Crippen molar-refractivity contribution in [3.05, 3.63) is 93.9 Å². The number of aliphatic hydroxyl groups is 1. The van der Waals surface area contributed by atoms with Gasteiger partial charge in [0.15, 0.2) is 5.76 Å². The predicted octanol–water partition coefficient (Wildman–Crippen LogP) is 4.60. The molecular weight excluding hydrogens is 384 g/mol. The predicted molar refractivity (Wildman–Crippen MR) is 116 cm³/mol. The maximum atomic E-state index is 13.2. The zero-order valence-corrected chi connectivity index (χ0v) is 16.9. The Hall–Kier alpha value is -3.38. The molecule has 1 atom stereocenters. The number of anilines is 2. The van der Waals surface area contributed by atoms with E-state index in [2.05, 4.69) is 0 Å². The number of amides is 1. The fourth-order valence-electron chi connectivity index (χ4n) is 3.51. The van der Waals surface area contributed by atoms with Gasteiger partial charge in [0, 0.05) is 25.5 Å². The molecule has 1 aliphatic heterocycles. The third kappa shape index (κ3) is 3.32. The largest absolute Gasteiger partial charge is 0.503 e. The molecule has 2 heterocycles. The average Bonchev–Trinajstić information content (AvgIpc) is 3.36. The van der Waals surface area contributed by atoms with E-state index < -0.39 is 17.7 Å². The van der Waals surface area contributed by atoms with Crippen molar-refractivity contribution in [2.75, 3.05) is 23.9 Å². The molecule has 2 aromatic carbocycles. The lowest BCUT2D eigenvalue weighted by Gasteiger charge is -2.27. The summed E-state index contributed by atoms with van der Waals surface area (Å²) in [4.78, 5) is 30.2. The number of hydrogen-bond donors (Lipinski definition) is 1. The van der Waals surface area contributed by atoms with Gasteiger partial charge in [-0.15, -0.1) is 11.3 Å². The molecule has 6 heteroatoms. The van der Waals surface area contributed by atoms with E-state index in [4.69, 9.17) is 0 Å². The van der Waals surface area contributed by atoms with Crippen LogP contribution in [0.3, 0.4) is 0 Å². The highest BCUT2D eigenvalue weighted by Crippen LogP contribution is 2.42. The molecule has 1 amide bonds. The first kappa shape index (κ1) is 19.0. The maximum Gasteiger partial charge on any atom is 0.294 e. The Morgan fingerprint density at radius 2 is 1.69 bits per heavy atom. The van der Waals surface area contributed by atoms with Crippen molar-refractivity contribution in [3.8, 4) is 0 Å². The lowest BCUT2D eigenvalue weighted by molar-refractivity contribution is -0.117. The quantitative estimate of drug-likeness (QED) is 0.632. The smallest absolute Gasteiger partial charge is 0.294 e. The monoisotopic (exact) mass is 404 g/mol. The van der Waals surface area contributed by atoms with Crippen molar-refractivity contribution in [3.63, 3.8) is 0 Å². The zero-order valence-electron chi connectivity index (χ0n) is 16.1. The van der Waals surface area contributed by atoms with Crippen LogP contribution in [0.15, 0.2) is 83.4 Å². The van der Waals surface area contributed by atoms with E-state index in [9.17, 15) is 14.7 Å². The average molecular weight is 404 g/mol. The summed E-state index contributed by atoms with van der Waals surface area (Å²) in [5.41, 5.74) is 2.49. The summed E-state index contributed by atoms with van der Waals surface area (Å²) in [6, 6.07) is 19.6. The van der Waals surface area contributed by atoms with Gasteiger partial charge < -0.3 is 10.0 Å². The SMILES string of the molecule is CN(C)c1ccc(N2C(=O)C(O)=C(C(=O)c3cccs3)C2c2ccccc2)cc1. The standard InChI is InChI=1S/C23H20N2O3S/c1-24(2)16-10-12-17(13-11-16)25-20(15-7-4-3-5-8-15)19(22(27)23(25)28)21(26)18-9-6-14-29-18/h3-14,20,27H,1-2H3. The first-order valence-corrected chi connectivity index (χ1v) is 10.0. The number of ketones is 1. The number of carbonyl (C=O) groups excluding carboxylic acids is 2. The zero-order chi connectivity index (χ0) is 20.5. The van der Waals surface area contributed by atoms with E-state index in [0.717, 1.165) is 11.3 Å². The Morgan fingerprint density at radius 1 is 1.00 bits per heavy atom. The molecule has 1 aliphatic rings. The van der Waals surface area contributed by atoms with Crippen LogP contribution in [0.5, 0.6) is 0 Å². The van der Waals surface area contributed by atoms with Gasteiger partial charge in [-0.3, -0.25) is 14.5 Å². The number of aliphatic hydroxyl groups excluding tert-OH is 1. The number of Topliss-reactive ketones (excluding diaryl/α,β-unsaturated/α-hetero) is 1. The molecular formula is C23H20N2O3S. The van der Waals surface area contributed by atoms with Crippen LogP contribution in [0.25, 0.3) is 0 Å². The summed E-state index contributed by atoms with van der Waals surface area (Å²) in [7, 11) is 3.88. The van der Waals surface area contributed by atoms with Gasteiger partial charge in [-0.25, -0.2) is 0 Å². The van der Waals surface area contributed by atoms with Gasteiger partial charge in [-0.2, -0.15) is 0 Å². The summed E-state index contributed by atoms with van der Waals surface area (Å²) in [6.45, 7) is 0. The van der Waals surface area contributed by atoms with E-state index in [1.807, 2.05) is 73.6 Å². The fourth-order valence-corrected chi connectivity index (χ4v) is 4.18. The Labute approximate surface area is 173 Å². The second kappa shape index (κ2) is 7.56. The van der Waals surface area contributed by atoms with Gasteiger partial charge >= 0.3 is 0 Å². The lowest BCUT2D eigenvalue weighted by atomic mass is 9.95. The Balaban J connectivity index is 1.83. The molecule has 0 saturated carbocycles. The number of hydrogen-bond acceptors (Lipinski definition) is 5. The van der Waals surface area contributed by atoms with Crippen molar-refractivity contribution in [2.24, 2.45) is 0 Å². The van der Waals surface area contributed by atoms with Crippen LogP contribution in [0.2, 0.25) is 0 Å². The van der Waals surface area contributed by atoms with E-state index in [-0.39, 0.29) is 11.4 Å². The van der Waals surface area contributed by atoms with Crippen molar-refractivity contribution >= 4 is 34.4 Å². The topological polar surface area (TPSA) is 60.9 Å². The van der Waals surface area contributed by atoms with Crippen LogP contribution in [0.4, 0.5) is 11.4 Å². The van der Waals surface area contributed by atoms with E-state index >= 15 is 0 Å². The van der Waals surface area contributed by atoms with Crippen molar-refractivity contribution in [2.45, 2.75) is 6.04 Å². The van der Waals surface area contributed by atoms with Gasteiger partial charge in [-0.1, -0.05) is 36.4 Å². The highest BCUT2D eigenvalue weighted by Gasteiger charge is 2.44.